The zero-order valence-electron chi connectivity index (χ0n) is 15.3. The number of hydrogen-bond donors (Lipinski definition) is 2. The van der Waals surface area contributed by atoms with Crippen molar-refractivity contribution in [3.8, 4) is 0 Å². The molecule has 0 bridgehead atoms. The second-order valence-electron chi connectivity index (χ2n) is 6.66. The average Bonchev–Trinajstić information content (AvgIpc) is 3.04. The molecule has 27 heavy (non-hydrogen) atoms. The fourth-order valence-electron chi connectivity index (χ4n) is 3.21. The number of rotatable bonds is 6. The third kappa shape index (κ3) is 4.94. The van der Waals surface area contributed by atoms with Gasteiger partial charge in [-0.05, 0) is 30.2 Å². The summed E-state index contributed by atoms with van der Waals surface area (Å²) in [6.45, 7) is 2.33. The van der Waals surface area contributed by atoms with Crippen molar-refractivity contribution in [3.05, 3.63) is 60.2 Å². The summed E-state index contributed by atoms with van der Waals surface area (Å²) in [7, 11) is 0. The Labute approximate surface area is 158 Å². The van der Waals surface area contributed by atoms with Gasteiger partial charge in [0.05, 0.1) is 5.92 Å². The molecule has 2 aromatic rings. The van der Waals surface area contributed by atoms with Gasteiger partial charge in [-0.25, -0.2) is 0 Å². The van der Waals surface area contributed by atoms with Crippen LogP contribution >= 0.6 is 0 Å². The molecule has 2 N–H and O–H groups in total. The minimum Gasteiger partial charge on any atom is -0.355 e. The molecule has 0 aliphatic carbocycles. The Morgan fingerprint density at radius 3 is 2.63 bits per heavy atom. The van der Waals surface area contributed by atoms with Gasteiger partial charge in [-0.15, -0.1) is 0 Å². The summed E-state index contributed by atoms with van der Waals surface area (Å²) in [5.74, 6) is -0.716. The molecule has 0 unspecified atom stereocenters. The van der Waals surface area contributed by atoms with Gasteiger partial charge in [0, 0.05) is 37.8 Å². The highest BCUT2D eigenvalue weighted by molar-refractivity contribution is 6.01. The van der Waals surface area contributed by atoms with E-state index in [0.29, 0.717) is 24.5 Å². The molecular weight excluding hydrogens is 342 g/mol. The van der Waals surface area contributed by atoms with Crippen LogP contribution in [-0.4, -0.2) is 30.8 Å². The van der Waals surface area contributed by atoms with Crippen LogP contribution in [0.5, 0.6) is 0 Å². The third-order valence-corrected chi connectivity index (χ3v) is 4.53. The minimum absolute atomic E-state index is 0.0850. The molecule has 0 spiro atoms. The molecule has 1 aliphatic rings. The molecule has 0 radical (unpaired) electrons. The van der Waals surface area contributed by atoms with Gasteiger partial charge in [-0.1, -0.05) is 36.4 Å². The van der Waals surface area contributed by atoms with Gasteiger partial charge in [0.25, 0.3) is 0 Å². The van der Waals surface area contributed by atoms with Crippen LogP contribution in [0.1, 0.15) is 18.9 Å². The largest absolute Gasteiger partial charge is 0.355 e. The first kappa shape index (κ1) is 18.6. The van der Waals surface area contributed by atoms with Gasteiger partial charge in [0.15, 0.2) is 0 Å². The molecule has 6 nitrogen and oxygen atoms in total. The second kappa shape index (κ2) is 8.49. The number of hydrogen-bond acceptors (Lipinski definition) is 3. The lowest BCUT2D eigenvalue weighted by Crippen LogP contribution is -2.34. The topological polar surface area (TPSA) is 78.5 Å². The van der Waals surface area contributed by atoms with E-state index in [2.05, 4.69) is 10.6 Å². The van der Waals surface area contributed by atoms with Crippen molar-refractivity contribution in [2.45, 2.75) is 19.8 Å². The normalized spacial score (nSPS) is 16.3. The van der Waals surface area contributed by atoms with Crippen LogP contribution in [0, 0.1) is 5.92 Å². The predicted octanol–water partition coefficient (Wildman–Crippen LogP) is 2.36. The standard InChI is InChI=1S/C21H23N3O3/c1-15(25)23-18-8-5-9-19(13-18)24-14-17(12-20(24)26)21(27)22-11-10-16-6-3-2-4-7-16/h2-9,13,17H,10-12,14H2,1H3,(H,22,27)(H,23,25)/t17-/m1/s1. The van der Waals surface area contributed by atoms with E-state index in [9.17, 15) is 14.4 Å². The number of amides is 3. The van der Waals surface area contributed by atoms with Crippen molar-refractivity contribution in [2.24, 2.45) is 5.92 Å². The van der Waals surface area contributed by atoms with Gasteiger partial charge in [-0.2, -0.15) is 0 Å². The van der Waals surface area contributed by atoms with Gasteiger partial charge in [0.1, 0.15) is 0 Å². The Hall–Kier alpha value is -3.15. The zero-order chi connectivity index (χ0) is 19.2. The van der Waals surface area contributed by atoms with E-state index in [1.807, 2.05) is 30.3 Å². The molecule has 2 aromatic carbocycles. The number of anilines is 2. The summed E-state index contributed by atoms with van der Waals surface area (Å²) in [6, 6.07) is 17.0. The molecular formula is C21H23N3O3. The quantitative estimate of drug-likeness (QED) is 0.825. The van der Waals surface area contributed by atoms with Crippen molar-refractivity contribution in [1.82, 2.24) is 5.32 Å². The Bertz CT molecular complexity index is 836. The molecule has 1 heterocycles. The third-order valence-electron chi connectivity index (χ3n) is 4.53. The molecule has 140 valence electrons. The molecule has 3 amide bonds. The number of nitrogens with zero attached hydrogens (tertiary/aromatic N) is 1. The molecule has 3 rings (SSSR count). The Morgan fingerprint density at radius 1 is 1.11 bits per heavy atom. The van der Waals surface area contributed by atoms with Gasteiger partial charge in [-0.3, -0.25) is 14.4 Å². The number of nitrogens with one attached hydrogen (secondary N) is 2. The number of carbonyl (C=O) groups excluding carboxylic acids is 3. The highest BCUT2D eigenvalue weighted by Crippen LogP contribution is 2.27. The van der Waals surface area contributed by atoms with E-state index in [0.717, 1.165) is 12.0 Å². The number of carbonyl (C=O) groups is 3. The van der Waals surface area contributed by atoms with Gasteiger partial charge in [0.2, 0.25) is 17.7 Å². The van der Waals surface area contributed by atoms with Crippen molar-refractivity contribution in [3.63, 3.8) is 0 Å². The SMILES string of the molecule is CC(=O)Nc1cccc(N2C[C@H](C(=O)NCCc3ccccc3)CC2=O)c1. The van der Waals surface area contributed by atoms with Crippen LogP contribution in [0.4, 0.5) is 11.4 Å². The summed E-state index contributed by atoms with van der Waals surface area (Å²) in [5, 5.41) is 5.63. The van der Waals surface area contributed by atoms with E-state index in [1.54, 1.807) is 29.2 Å². The van der Waals surface area contributed by atoms with E-state index in [-0.39, 0.29) is 30.1 Å². The first-order valence-corrected chi connectivity index (χ1v) is 9.02. The molecule has 0 saturated carbocycles. The van der Waals surface area contributed by atoms with Crippen LogP contribution in [0.15, 0.2) is 54.6 Å². The fraction of sp³-hybridized carbons (Fsp3) is 0.286. The van der Waals surface area contributed by atoms with Crippen LogP contribution in [0.25, 0.3) is 0 Å². The van der Waals surface area contributed by atoms with Crippen molar-refractivity contribution < 1.29 is 14.4 Å². The van der Waals surface area contributed by atoms with Crippen molar-refractivity contribution in [2.75, 3.05) is 23.3 Å². The number of benzene rings is 2. The molecule has 0 aromatic heterocycles. The van der Waals surface area contributed by atoms with Gasteiger partial charge >= 0.3 is 0 Å². The Kier molecular flexibility index (Phi) is 5.86. The lowest BCUT2D eigenvalue weighted by Gasteiger charge is -2.18. The predicted molar refractivity (Wildman–Crippen MR) is 104 cm³/mol. The smallest absolute Gasteiger partial charge is 0.227 e. The van der Waals surface area contributed by atoms with E-state index in [1.165, 1.54) is 6.92 Å². The van der Waals surface area contributed by atoms with E-state index >= 15 is 0 Å². The van der Waals surface area contributed by atoms with Gasteiger partial charge < -0.3 is 15.5 Å². The van der Waals surface area contributed by atoms with Crippen LogP contribution in [0.3, 0.4) is 0 Å². The van der Waals surface area contributed by atoms with Crippen LogP contribution in [0.2, 0.25) is 0 Å². The molecule has 1 saturated heterocycles. The monoisotopic (exact) mass is 365 g/mol. The molecule has 6 heteroatoms. The lowest BCUT2D eigenvalue weighted by atomic mass is 10.1. The van der Waals surface area contributed by atoms with Crippen LogP contribution < -0.4 is 15.5 Å². The summed E-state index contributed by atoms with van der Waals surface area (Å²) in [6.07, 6.45) is 0.956. The maximum atomic E-state index is 12.4. The molecule has 1 fully saturated rings. The maximum Gasteiger partial charge on any atom is 0.227 e. The van der Waals surface area contributed by atoms with E-state index < -0.39 is 0 Å². The zero-order valence-corrected chi connectivity index (χ0v) is 15.3. The average molecular weight is 365 g/mol. The highest BCUT2D eigenvalue weighted by Gasteiger charge is 2.35. The first-order valence-electron chi connectivity index (χ1n) is 9.02. The lowest BCUT2D eigenvalue weighted by molar-refractivity contribution is -0.126. The fourth-order valence-corrected chi connectivity index (χ4v) is 3.21. The minimum atomic E-state index is -0.363. The highest BCUT2D eigenvalue weighted by atomic mass is 16.2. The summed E-state index contributed by atoms with van der Waals surface area (Å²) < 4.78 is 0. The summed E-state index contributed by atoms with van der Waals surface area (Å²) in [4.78, 5) is 37.6. The molecule has 1 atom stereocenters. The molecule has 1 aliphatic heterocycles. The van der Waals surface area contributed by atoms with Crippen LogP contribution in [-0.2, 0) is 20.8 Å². The Morgan fingerprint density at radius 2 is 1.89 bits per heavy atom. The Balaban J connectivity index is 1.56. The maximum absolute atomic E-state index is 12.4. The summed E-state index contributed by atoms with van der Waals surface area (Å²) in [5.41, 5.74) is 2.48. The van der Waals surface area contributed by atoms with Crippen molar-refractivity contribution in [1.29, 1.82) is 0 Å². The first-order chi connectivity index (χ1) is 13.0. The summed E-state index contributed by atoms with van der Waals surface area (Å²) >= 11 is 0. The van der Waals surface area contributed by atoms with E-state index in [4.69, 9.17) is 0 Å². The second-order valence-corrected chi connectivity index (χ2v) is 6.66. The van der Waals surface area contributed by atoms with Crippen molar-refractivity contribution >= 4 is 29.1 Å².